The zero-order valence-corrected chi connectivity index (χ0v) is 22.4. The summed E-state index contributed by atoms with van der Waals surface area (Å²) in [6, 6.07) is 22.3. The van der Waals surface area contributed by atoms with Crippen LogP contribution in [0.1, 0.15) is 35.6 Å². The minimum atomic E-state index is -3.81. The molecule has 5 rings (SSSR count). The normalized spacial score (nSPS) is 17.2. The fraction of sp³-hybridized carbons (Fsp3) is 0.194. The van der Waals surface area contributed by atoms with Gasteiger partial charge in [-0.25, -0.2) is 12.4 Å². The molecule has 39 heavy (non-hydrogen) atoms. The molecule has 0 saturated heterocycles. The van der Waals surface area contributed by atoms with Crippen molar-refractivity contribution >= 4 is 32.5 Å². The summed E-state index contributed by atoms with van der Waals surface area (Å²) in [5.41, 5.74) is 10.7. The highest BCUT2D eigenvalue weighted by Gasteiger charge is 2.39. The Balaban J connectivity index is 1.39. The number of nitrogens with zero attached hydrogens (tertiary/aromatic N) is 1. The molecule has 8 heteroatoms. The highest BCUT2D eigenvalue weighted by Crippen LogP contribution is 2.35. The number of nitrogens with two attached hydrogens (primary N) is 1. The van der Waals surface area contributed by atoms with Crippen molar-refractivity contribution in [3.63, 3.8) is 0 Å². The SMILES string of the molecule is CC1(S(=O)(=O)n2ccc3ccc(COc4ccccc4CC(=O)O)cc32)C=CC(c2cccc(CN)c2)=CC1. The van der Waals surface area contributed by atoms with Gasteiger partial charge in [0.05, 0.1) is 11.9 Å². The van der Waals surface area contributed by atoms with E-state index in [1.807, 2.05) is 54.6 Å². The third kappa shape index (κ3) is 5.26. The maximum absolute atomic E-state index is 13.9. The van der Waals surface area contributed by atoms with Crippen LogP contribution in [0, 0.1) is 0 Å². The molecule has 1 unspecified atom stereocenters. The lowest BCUT2D eigenvalue weighted by atomic mass is 9.93. The summed E-state index contributed by atoms with van der Waals surface area (Å²) in [6.07, 6.45) is 7.39. The molecule has 1 aromatic heterocycles. The van der Waals surface area contributed by atoms with Gasteiger partial charge in [-0.15, -0.1) is 0 Å². The van der Waals surface area contributed by atoms with Gasteiger partial charge >= 0.3 is 5.97 Å². The first-order valence-corrected chi connectivity index (χ1v) is 14.1. The molecule has 1 aliphatic rings. The zero-order chi connectivity index (χ0) is 27.6. The van der Waals surface area contributed by atoms with E-state index in [9.17, 15) is 18.3 Å². The van der Waals surface area contributed by atoms with Crippen LogP contribution in [0.15, 0.2) is 97.2 Å². The lowest BCUT2D eigenvalue weighted by Gasteiger charge is -2.29. The van der Waals surface area contributed by atoms with Gasteiger partial charge in [-0.2, -0.15) is 0 Å². The summed E-state index contributed by atoms with van der Waals surface area (Å²) < 4.78 is 34.0. The van der Waals surface area contributed by atoms with Crippen molar-refractivity contribution in [2.24, 2.45) is 5.73 Å². The van der Waals surface area contributed by atoms with E-state index in [-0.39, 0.29) is 13.0 Å². The predicted molar refractivity (Wildman–Crippen MR) is 153 cm³/mol. The van der Waals surface area contributed by atoms with Crippen molar-refractivity contribution in [3.8, 4) is 5.75 Å². The van der Waals surface area contributed by atoms with E-state index >= 15 is 0 Å². The predicted octanol–water partition coefficient (Wildman–Crippen LogP) is 5.29. The Kier molecular flexibility index (Phi) is 7.16. The third-order valence-electron chi connectivity index (χ3n) is 7.12. The van der Waals surface area contributed by atoms with Crippen molar-refractivity contribution in [1.82, 2.24) is 3.97 Å². The highest BCUT2D eigenvalue weighted by atomic mass is 32.2. The molecule has 3 aromatic carbocycles. The molecule has 0 amide bonds. The maximum Gasteiger partial charge on any atom is 0.307 e. The average molecular weight is 543 g/mol. The number of aromatic nitrogens is 1. The molecule has 1 atom stereocenters. The van der Waals surface area contributed by atoms with Crippen molar-refractivity contribution in [3.05, 3.63) is 119 Å². The van der Waals surface area contributed by atoms with Gasteiger partial charge in [-0.1, -0.05) is 66.8 Å². The van der Waals surface area contributed by atoms with E-state index in [1.165, 1.54) is 3.97 Å². The first-order valence-electron chi connectivity index (χ1n) is 12.7. The van der Waals surface area contributed by atoms with Gasteiger partial charge in [0.2, 0.25) is 10.0 Å². The number of carbonyl (C=O) groups is 1. The zero-order valence-electron chi connectivity index (χ0n) is 21.6. The Hall–Kier alpha value is -4.14. The summed E-state index contributed by atoms with van der Waals surface area (Å²) in [6.45, 7) is 2.35. The molecule has 0 spiro atoms. The largest absolute Gasteiger partial charge is 0.489 e. The molecule has 4 aromatic rings. The molecular formula is C31H30N2O5S. The summed E-state index contributed by atoms with van der Waals surface area (Å²) >= 11 is 0. The number of hydrogen-bond acceptors (Lipinski definition) is 5. The van der Waals surface area contributed by atoms with Gasteiger partial charge in [0.25, 0.3) is 0 Å². The number of fused-ring (bicyclic) bond motifs is 1. The van der Waals surface area contributed by atoms with Crippen molar-refractivity contribution in [1.29, 1.82) is 0 Å². The van der Waals surface area contributed by atoms with Crippen LogP contribution in [0.5, 0.6) is 5.75 Å². The maximum atomic E-state index is 13.9. The molecule has 200 valence electrons. The quantitative estimate of drug-likeness (QED) is 0.297. The van der Waals surface area contributed by atoms with Crippen LogP contribution in [0.4, 0.5) is 0 Å². The monoisotopic (exact) mass is 542 g/mol. The summed E-state index contributed by atoms with van der Waals surface area (Å²) in [5, 5.41) is 9.97. The number of carboxylic acid groups (broad SMARTS) is 1. The summed E-state index contributed by atoms with van der Waals surface area (Å²) in [7, 11) is -3.81. The van der Waals surface area contributed by atoms with Crippen LogP contribution in [0.2, 0.25) is 0 Å². The smallest absolute Gasteiger partial charge is 0.307 e. The highest BCUT2D eigenvalue weighted by molar-refractivity contribution is 7.91. The molecule has 0 fully saturated rings. The molecule has 3 N–H and O–H groups in total. The first-order chi connectivity index (χ1) is 18.7. The molecule has 7 nitrogen and oxygen atoms in total. The third-order valence-corrected chi connectivity index (χ3v) is 9.44. The number of hydrogen-bond donors (Lipinski definition) is 2. The number of allylic oxidation sites excluding steroid dienone is 3. The molecule has 0 bridgehead atoms. The average Bonchev–Trinajstić information content (AvgIpc) is 3.37. The Morgan fingerprint density at radius 1 is 1.05 bits per heavy atom. The number of rotatable bonds is 9. The molecule has 1 heterocycles. The van der Waals surface area contributed by atoms with Crippen LogP contribution in [0.3, 0.4) is 0 Å². The minimum Gasteiger partial charge on any atom is -0.489 e. The van der Waals surface area contributed by atoms with Crippen LogP contribution in [-0.2, 0) is 34.4 Å². The van der Waals surface area contributed by atoms with E-state index in [4.69, 9.17) is 10.5 Å². The van der Waals surface area contributed by atoms with Gasteiger partial charge in [-0.3, -0.25) is 4.79 Å². The van der Waals surface area contributed by atoms with E-state index in [0.717, 1.165) is 27.6 Å². The van der Waals surface area contributed by atoms with E-state index < -0.39 is 20.7 Å². The van der Waals surface area contributed by atoms with Gasteiger partial charge in [-0.05, 0) is 59.9 Å². The van der Waals surface area contributed by atoms with Crippen LogP contribution in [-0.4, -0.2) is 28.2 Å². The van der Waals surface area contributed by atoms with Crippen molar-refractivity contribution < 1.29 is 23.1 Å². The summed E-state index contributed by atoms with van der Waals surface area (Å²) in [5.74, 6) is -0.450. The standard InChI is InChI=1S/C31H30N2O5S/c1-31(14-11-24(12-15-31)26-7-4-5-22(17-26)20-32)39(36,37)33-16-13-25-10-9-23(18-28(25)33)21-38-29-8-3-2-6-27(29)19-30(34)35/h2-14,16-18H,15,19-21,32H2,1H3,(H,34,35). The Morgan fingerprint density at radius 2 is 1.87 bits per heavy atom. The lowest BCUT2D eigenvalue weighted by molar-refractivity contribution is -0.136. The summed E-state index contributed by atoms with van der Waals surface area (Å²) in [4.78, 5) is 11.2. The topological polar surface area (TPSA) is 112 Å². The molecule has 0 radical (unpaired) electrons. The number of aliphatic carboxylic acids is 1. The minimum absolute atomic E-state index is 0.142. The van der Waals surface area contributed by atoms with Crippen LogP contribution in [0.25, 0.3) is 16.5 Å². The lowest BCUT2D eigenvalue weighted by Crippen LogP contribution is -2.38. The van der Waals surface area contributed by atoms with Crippen LogP contribution < -0.4 is 10.5 Å². The van der Waals surface area contributed by atoms with Crippen LogP contribution >= 0.6 is 0 Å². The van der Waals surface area contributed by atoms with Gasteiger partial charge in [0.15, 0.2) is 0 Å². The first kappa shape index (κ1) is 26.5. The fourth-order valence-electron chi connectivity index (χ4n) is 4.79. The second-order valence-corrected chi connectivity index (χ2v) is 12.2. The second kappa shape index (κ2) is 10.6. The van der Waals surface area contributed by atoms with E-state index in [0.29, 0.717) is 29.8 Å². The van der Waals surface area contributed by atoms with E-state index in [1.54, 1.807) is 49.5 Å². The van der Waals surface area contributed by atoms with Crippen molar-refractivity contribution in [2.75, 3.05) is 0 Å². The van der Waals surface area contributed by atoms with Gasteiger partial charge < -0.3 is 15.6 Å². The van der Waals surface area contributed by atoms with Gasteiger partial charge in [0.1, 0.15) is 17.1 Å². The van der Waals surface area contributed by atoms with Crippen molar-refractivity contribution in [2.45, 2.75) is 37.7 Å². The fourth-order valence-corrected chi connectivity index (χ4v) is 6.41. The number of carboxylic acids is 1. The number of ether oxygens (including phenoxy) is 1. The van der Waals surface area contributed by atoms with E-state index in [2.05, 4.69) is 0 Å². The molecule has 0 saturated carbocycles. The second-order valence-electron chi connectivity index (χ2n) is 9.89. The number of benzene rings is 3. The molecule has 1 aliphatic carbocycles. The Labute approximate surface area is 227 Å². The molecular weight excluding hydrogens is 512 g/mol. The molecule has 0 aliphatic heterocycles. The Morgan fingerprint density at radius 3 is 2.62 bits per heavy atom. The number of para-hydroxylation sites is 1. The van der Waals surface area contributed by atoms with Gasteiger partial charge in [0, 0.05) is 23.7 Å². The Bertz CT molecular complexity index is 1720.